The van der Waals surface area contributed by atoms with Crippen molar-refractivity contribution in [3.05, 3.63) is 56.9 Å². The fourth-order valence-corrected chi connectivity index (χ4v) is 5.29. The van der Waals surface area contributed by atoms with E-state index in [4.69, 9.17) is 9.72 Å². The van der Waals surface area contributed by atoms with Crippen molar-refractivity contribution in [1.82, 2.24) is 9.55 Å². The summed E-state index contributed by atoms with van der Waals surface area (Å²) in [6.45, 7) is 2.22. The maximum atomic E-state index is 13.7. The third-order valence-electron chi connectivity index (χ3n) is 7.39. The SMILES string of the molecule is CC#CC#CC#CC#CC#CC#CC#CC#CC#CC[C@@]1(O)C(=O)OCc2c1cc1n(c2=O)Cc2cc3c(C[N+](C)(C)C)c(O)ccc3nc2-1. The third kappa shape index (κ3) is 7.51. The van der Waals surface area contributed by atoms with Crippen LogP contribution in [0.25, 0.3) is 22.3 Å². The Morgan fingerprint density at radius 2 is 1.44 bits per heavy atom. The Morgan fingerprint density at radius 1 is 0.860 bits per heavy atom. The summed E-state index contributed by atoms with van der Waals surface area (Å²) in [6, 6.07) is 6.92. The van der Waals surface area contributed by atoms with E-state index >= 15 is 0 Å². The molecule has 0 bridgehead atoms. The van der Waals surface area contributed by atoms with Crippen LogP contribution in [0.3, 0.4) is 0 Å². The molecule has 0 saturated carbocycles. The minimum absolute atomic E-state index is 0.127. The van der Waals surface area contributed by atoms with Crippen molar-refractivity contribution in [2.45, 2.75) is 38.6 Å². The summed E-state index contributed by atoms with van der Waals surface area (Å²) in [7, 11) is 6.09. The number of cyclic esters (lactones) is 1. The molecule has 2 aliphatic rings. The second kappa shape index (κ2) is 14.7. The van der Waals surface area contributed by atoms with Gasteiger partial charge < -0.3 is 24.0 Å². The Bertz CT molecular complexity index is 2640. The number of carbonyl (C=O) groups excluding carboxylic acids is 1. The molecule has 4 heterocycles. The highest BCUT2D eigenvalue weighted by atomic mass is 16.6. The predicted molar refractivity (Wildman–Crippen MR) is 188 cm³/mol. The van der Waals surface area contributed by atoms with Crippen molar-refractivity contribution in [3.8, 4) is 124 Å². The van der Waals surface area contributed by atoms with Crippen molar-refractivity contribution >= 4 is 16.9 Å². The molecule has 1 atom stereocenters. The number of fused-ring (bicyclic) bond motifs is 5. The van der Waals surface area contributed by atoms with Crippen LogP contribution in [0.1, 0.15) is 35.6 Å². The first kappa shape index (κ1) is 34.2. The summed E-state index contributed by atoms with van der Waals surface area (Å²) in [5.74, 6) is 44.9. The quantitative estimate of drug-likeness (QED) is 0.200. The second-order valence-electron chi connectivity index (χ2n) is 11.9. The van der Waals surface area contributed by atoms with Gasteiger partial charge in [-0.3, -0.25) is 4.79 Å². The molecule has 238 valence electrons. The van der Waals surface area contributed by atoms with Crippen molar-refractivity contribution in [2.24, 2.45) is 0 Å². The van der Waals surface area contributed by atoms with Crippen LogP contribution in [-0.4, -0.2) is 51.4 Å². The number of esters is 1. The van der Waals surface area contributed by atoms with E-state index in [1.165, 1.54) is 0 Å². The fourth-order valence-electron chi connectivity index (χ4n) is 5.29. The van der Waals surface area contributed by atoms with Gasteiger partial charge in [-0.25, -0.2) is 9.78 Å². The molecular formula is C42H26N3O5+. The number of hydrogen-bond donors (Lipinski definition) is 2. The van der Waals surface area contributed by atoms with Gasteiger partial charge in [0.25, 0.3) is 5.56 Å². The first-order valence-electron chi connectivity index (χ1n) is 15.0. The standard InChI is InChI=1S/C42H25N3O5/c1-5-6-7-8-9-10-11-12-13-14-15-16-17-18-19-20-21-22-25-42(49)35-27-37-39-31(28-44(37)40(47)34(35)30-50-41(42)48)26-32-33(29-45(2,3)4)38(46)24-23-36(32)43-39/h23-24,26-27,49H,25,28-30H2,1-4H3/p+1/t42-/m0/s1. The molecule has 2 aromatic heterocycles. The molecule has 0 amide bonds. The summed E-state index contributed by atoms with van der Waals surface area (Å²) in [6.07, 6.45) is -0.365. The van der Waals surface area contributed by atoms with Gasteiger partial charge in [0.2, 0.25) is 0 Å². The van der Waals surface area contributed by atoms with E-state index in [1.807, 2.05) is 27.2 Å². The van der Waals surface area contributed by atoms with Crippen LogP contribution in [0.15, 0.2) is 29.1 Å². The number of nitrogens with zero attached hydrogens (tertiary/aromatic N) is 3. The molecule has 0 saturated heterocycles. The Labute approximate surface area is 290 Å². The summed E-state index contributed by atoms with van der Waals surface area (Å²) in [5, 5.41) is 23.0. The number of aromatic hydroxyl groups is 1. The van der Waals surface area contributed by atoms with Gasteiger partial charge in [-0.15, -0.1) is 0 Å². The topological polar surface area (TPSA) is 102 Å². The Kier molecular flexibility index (Phi) is 10.0. The van der Waals surface area contributed by atoms with Gasteiger partial charge in [-0.05, 0) is 126 Å². The summed E-state index contributed by atoms with van der Waals surface area (Å²) < 4.78 is 7.39. The average molecular weight is 653 g/mol. The van der Waals surface area contributed by atoms with E-state index < -0.39 is 17.1 Å². The van der Waals surface area contributed by atoms with E-state index in [0.717, 1.165) is 16.5 Å². The van der Waals surface area contributed by atoms with Gasteiger partial charge in [-0.2, -0.15) is 0 Å². The predicted octanol–water partition coefficient (Wildman–Crippen LogP) is 2.02. The summed E-state index contributed by atoms with van der Waals surface area (Å²) in [4.78, 5) is 31.5. The number of phenolic OH excluding ortho intramolecular Hbond substituents is 1. The smallest absolute Gasteiger partial charge is 0.344 e. The molecule has 1 aromatic carbocycles. The van der Waals surface area contributed by atoms with Crippen LogP contribution in [-0.2, 0) is 34.8 Å². The second-order valence-corrected chi connectivity index (χ2v) is 11.9. The lowest BCUT2D eigenvalue weighted by molar-refractivity contribution is -0.883. The number of carbonyl (C=O) groups is 1. The number of rotatable bonds is 3. The monoisotopic (exact) mass is 652 g/mol. The van der Waals surface area contributed by atoms with Crippen LogP contribution in [0, 0.1) is 107 Å². The summed E-state index contributed by atoms with van der Waals surface area (Å²) in [5.41, 5.74) is 0.948. The van der Waals surface area contributed by atoms with Gasteiger partial charge in [0, 0.05) is 16.5 Å². The zero-order valence-electron chi connectivity index (χ0n) is 27.6. The first-order chi connectivity index (χ1) is 24.0. The van der Waals surface area contributed by atoms with E-state index in [9.17, 15) is 19.8 Å². The third-order valence-corrected chi connectivity index (χ3v) is 7.39. The number of hydrogen-bond acceptors (Lipinski definition) is 6. The zero-order chi connectivity index (χ0) is 35.7. The van der Waals surface area contributed by atoms with Crippen LogP contribution >= 0.6 is 0 Å². The molecule has 3 aromatic rings. The molecule has 0 spiro atoms. The molecule has 5 rings (SSSR count). The maximum Gasteiger partial charge on any atom is 0.344 e. The van der Waals surface area contributed by atoms with E-state index in [-0.39, 0.29) is 36.4 Å². The minimum atomic E-state index is -2.19. The van der Waals surface area contributed by atoms with Crippen molar-refractivity contribution in [3.63, 3.8) is 0 Å². The number of pyridine rings is 2. The van der Waals surface area contributed by atoms with Crippen LogP contribution < -0.4 is 5.56 Å². The lowest BCUT2D eigenvalue weighted by Crippen LogP contribution is -2.44. The number of benzene rings is 1. The highest BCUT2D eigenvalue weighted by Crippen LogP contribution is 2.39. The van der Waals surface area contributed by atoms with Crippen molar-refractivity contribution < 1.29 is 24.2 Å². The molecule has 0 radical (unpaired) electrons. The Hall–Kier alpha value is -7.19. The van der Waals surface area contributed by atoms with Gasteiger partial charge >= 0.3 is 5.97 Å². The molecule has 0 fully saturated rings. The van der Waals surface area contributed by atoms with Gasteiger partial charge in [0.15, 0.2) is 5.60 Å². The van der Waals surface area contributed by atoms with Gasteiger partial charge in [0.05, 0.1) is 62.1 Å². The largest absolute Gasteiger partial charge is 0.507 e. The number of aromatic nitrogens is 2. The van der Waals surface area contributed by atoms with Crippen molar-refractivity contribution in [1.29, 1.82) is 0 Å². The molecule has 0 aliphatic carbocycles. The van der Waals surface area contributed by atoms with Gasteiger partial charge in [0.1, 0.15) is 18.9 Å². The average Bonchev–Trinajstić information content (AvgIpc) is 3.44. The highest BCUT2D eigenvalue weighted by Gasteiger charge is 2.46. The minimum Gasteiger partial charge on any atom is -0.507 e. The zero-order valence-corrected chi connectivity index (χ0v) is 27.6. The van der Waals surface area contributed by atoms with E-state index in [1.54, 1.807) is 29.7 Å². The highest BCUT2D eigenvalue weighted by molar-refractivity contribution is 5.89. The Balaban J connectivity index is 1.35. The van der Waals surface area contributed by atoms with Gasteiger partial charge in [-0.1, -0.05) is 11.8 Å². The Morgan fingerprint density at radius 3 is 2.02 bits per heavy atom. The fraction of sp³-hybridized carbons (Fsp3) is 0.214. The molecule has 2 N–H and O–H groups in total. The lowest BCUT2D eigenvalue weighted by Gasteiger charge is -2.31. The molecule has 2 aliphatic heterocycles. The summed E-state index contributed by atoms with van der Waals surface area (Å²) >= 11 is 0. The maximum absolute atomic E-state index is 13.7. The molecule has 0 unspecified atom stereocenters. The van der Waals surface area contributed by atoms with E-state index in [0.29, 0.717) is 27.9 Å². The lowest BCUT2D eigenvalue weighted by atomic mass is 9.85. The van der Waals surface area contributed by atoms with Crippen LogP contribution in [0.5, 0.6) is 5.75 Å². The molecule has 50 heavy (non-hydrogen) atoms. The number of aliphatic hydroxyl groups is 1. The van der Waals surface area contributed by atoms with Crippen LogP contribution in [0.4, 0.5) is 0 Å². The molecular weight excluding hydrogens is 626 g/mol. The number of ether oxygens (including phenoxy) is 1. The molecule has 8 nitrogen and oxygen atoms in total. The number of phenols is 1. The first-order valence-corrected chi connectivity index (χ1v) is 15.0. The van der Waals surface area contributed by atoms with Crippen molar-refractivity contribution in [2.75, 3.05) is 21.1 Å². The van der Waals surface area contributed by atoms with E-state index in [2.05, 4.69) is 107 Å². The van der Waals surface area contributed by atoms with Crippen LogP contribution in [0.2, 0.25) is 0 Å². The molecule has 8 heteroatoms. The normalized spacial score (nSPS) is 13.9. The number of quaternary nitrogens is 1.